The van der Waals surface area contributed by atoms with Gasteiger partial charge in [-0.3, -0.25) is 4.40 Å². The van der Waals surface area contributed by atoms with Gasteiger partial charge in [-0.25, -0.2) is 4.98 Å². The van der Waals surface area contributed by atoms with Crippen LogP contribution in [-0.2, 0) is 11.3 Å². The first kappa shape index (κ1) is 12.8. The molecule has 1 unspecified atom stereocenters. The Labute approximate surface area is 110 Å². The maximum atomic E-state index is 6.03. The molecule has 0 radical (unpaired) electrons. The molecule has 17 heavy (non-hydrogen) atoms. The van der Waals surface area contributed by atoms with E-state index in [-0.39, 0.29) is 5.38 Å². The van der Waals surface area contributed by atoms with E-state index in [0.717, 1.165) is 30.2 Å². The van der Waals surface area contributed by atoms with Crippen molar-refractivity contribution in [2.24, 2.45) is 0 Å². The Balaban J connectivity index is 1.70. The molecule has 0 amide bonds. The van der Waals surface area contributed by atoms with Crippen LogP contribution < -0.4 is 5.32 Å². The predicted molar refractivity (Wildman–Crippen MR) is 70.9 cm³/mol. The van der Waals surface area contributed by atoms with Gasteiger partial charge in [0.15, 0.2) is 4.96 Å². The highest BCUT2D eigenvalue weighted by atomic mass is 35.5. The third-order valence-electron chi connectivity index (χ3n) is 2.43. The minimum Gasteiger partial charge on any atom is -0.383 e. The summed E-state index contributed by atoms with van der Waals surface area (Å²) in [7, 11) is 1.67. The lowest BCUT2D eigenvalue weighted by Gasteiger charge is -2.08. The smallest absolute Gasteiger partial charge is 0.193 e. The van der Waals surface area contributed by atoms with Gasteiger partial charge >= 0.3 is 0 Å². The molecule has 0 bridgehead atoms. The van der Waals surface area contributed by atoms with Gasteiger partial charge in [-0.05, 0) is 13.0 Å². The molecule has 6 heteroatoms. The lowest BCUT2D eigenvalue weighted by atomic mass is 10.3. The van der Waals surface area contributed by atoms with Crippen molar-refractivity contribution < 1.29 is 4.74 Å². The quantitative estimate of drug-likeness (QED) is 0.620. The minimum absolute atomic E-state index is 0.0815. The number of halogens is 1. The first-order valence-corrected chi connectivity index (χ1v) is 6.86. The second-order valence-electron chi connectivity index (χ2n) is 3.84. The van der Waals surface area contributed by atoms with Crippen molar-refractivity contribution in [2.75, 3.05) is 20.3 Å². The molecule has 0 aliphatic heterocycles. The van der Waals surface area contributed by atoms with Crippen molar-refractivity contribution in [1.29, 1.82) is 0 Å². The van der Waals surface area contributed by atoms with Gasteiger partial charge in [0, 0.05) is 31.4 Å². The molecule has 0 fully saturated rings. The minimum atomic E-state index is 0.0815. The molecule has 2 aromatic heterocycles. The summed E-state index contributed by atoms with van der Waals surface area (Å²) in [5.41, 5.74) is 1.06. The fourth-order valence-electron chi connectivity index (χ4n) is 1.60. The predicted octanol–water partition coefficient (Wildman–Crippen LogP) is 2.13. The summed E-state index contributed by atoms with van der Waals surface area (Å²) in [4.78, 5) is 5.53. The third-order valence-corrected chi connectivity index (χ3v) is 3.55. The zero-order chi connectivity index (χ0) is 12.1. The van der Waals surface area contributed by atoms with Crippen molar-refractivity contribution in [3.8, 4) is 0 Å². The highest BCUT2D eigenvalue weighted by Crippen LogP contribution is 2.11. The molecule has 0 aliphatic carbocycles. The van der Waals surface area contributed by atoms with Crippen LogP contribution >= 0.6 is 22.9 Å². The van der Waals surface area contributed by atoms with E-state index in [4.69, 9.17) is 16.3 Å². The van der Waals surface area contributed by atoms with E-state index in [0.29, 0.717) is 6.61 Å². The normalized spacial score (nSPS) is 13.3. The summed E-state index contributed by atoms with van der Waals surface area (Å²) in [5, 5.41) is 5.44. The van der Waals surface area contributed by atoms with Gasteiger partial charge in [-0.2, -0.15) is 0 Å². The van der Waals surface area contributed by atoms with Gasteiger partial charge in [0.05, 0.1) is 17.7 Å². The molecule has 2 heterocycles. The van der Waals surface area contributed by atoms with Crippen molar-refractivity contribution in [1.82, 2.24) is 14.7 Å². The van der Waals surface area contributed by atoms with Crippen molar-refractivity contribution in [3.05, 3.63) is 23.5 Å². The van der Waals surface area contributed by atoms with E-state index >= 15 is 0 Å². The van der Waals surface area contributed by atoms with Crippen molar-refractivity contribution >= 4 is 27.9 Å². The van der Waals surface area contributed by atoms with Gasteiger partial charge in [0.2, 0.25) is 0 Å². The van der Waals surface area contributed by atoms with Crippen LogP contribution in [0.2, 0.25) is 0 Å². The van der Waals surface area contributed by atoms with E-state index in [1.54, 1.807) is 18.4 Å². The Bertz CT molecular complexity index is 428. The number of methoxy groups -OCH3 is 1. The molecular formula is C11H16ClN3OS. The summed E-state index contributed by atoms with van der Waals surface area (Å²) >= 11 is 7.67. The van der Waals surface area contributed by atoms with Crippen molar-refractivity contribution in [3.63, 3.8) is 0 Å². The fraction of sp³-hybridized carbons (Fsp3) is 0.545. The molecule has 1 N–H and O–H groups in total. The zero-order valence-corrected chi connectivity index (χ0v) is 11.3. The van der Waals surface area contributed by atoms with E-state index in [2.05, 4.69) is 10.3 Å². The SMILES string of the molecule is COCC(Cl)CCNCc1cn2ccsc2n1. The van der Waals surface area contributed by atoms with Gasteiger partial charge in [0.1, 0.15) is 0 Å². The summed E-state index contributed by atoms with van der Waals surface area (Å²) < 4.78 is 7.01. The summed E-state index contributed by atoms with van der Waals surface area (Å²) in [5.74, 6) is 0. The zero-order valence-electron chi connectivity index (χ0n) is 9.73. The number of thiazole rings is 1. The van der Waals surface area contributed by atoms with Gasteiger partial charge in [-0.1, -0.05) is 0 Å². The Morgan fingerprint density at radius 1 is 1.65 bits per heavy atom. The lowest BCUT2D eigenvalue weighted by molar-refractivity contribution is 0.195. The number of aromatic nitrogens is 2. The number of hydrogen-bond acceptors (Lipinski definition) is 4. The van der Waals surface area contributed by atoms with Gasteiger partial charge in [-0.15, -0.1) is 22.9 Å². The molecule has 0 aromatic carbocycles. The number of nitrogens with one attached hydrogen (secondary N) is 1. The van der Waals surface area contributed by atoms with Crippen LogP contribution in [0.5, 0.6) is 0 Å². The topological polar surface area (TPSA) is 38.6 Å². The van der Waals surface area contributed by atoms with Crippen LogP contribution in [0.3, 0.4) is 0 Å². The molecule has 0 spiro atoms. The molecule has 1 atom stereocenters. The number of ether oxygens (including phenoxy) is 1. The maximum Gasteiger partial charge on any atom is 0.193 e. The second-order valence-corrected chi connectivity index (χ2v) is 5.33. The van der Waals surface area contributed by atoms with Crippen LogP contribution in [0.4, 0.5) is 0 Å². The number of imidazole rings is 1. The summed E-state index contributed by atoms with van der Waals surface area (Å²) in [6.07, 6.45) is 4.97. The van der Waals surface area contributed by atoms with Crippen LogP contribution in [0, 0.1) is 0 Å². The van der Waals surface area contributed by atoms with Crippen LogP contribution in [0.1, 0.15) is 12.1 Å². The van der Waals surface area contributed by atoms with E-state index in [1.165, 1.54) is 0 Å². The Hall–Kier alpha value is -0.620. The van der Waals surface area contributed by atoms with Crippen LogP contribution in [0.15, 0.2) is 17.8 Å². The summed E-state index contributed by atoms with van der Waals surface area (Å²) in [6, 6.07) is 0. The van der Waals surface area contributed by atoms with Crippen LogP contribution in [-0.4, -0.2) is 35.0 Å². The largest absolute Gasteiger partial charge is 0.383 e. The fourth-order valence-corrected chi connectivity index (χ4v) is 2.55. The van der Waals surface area contributed by atoms with E-state index in [9.17, 15) is 0 Å². The average Bonchev–Trinajstić information content (AvgIpc) is 2.85. The molecule has 2 rings (SSSR count). The van der Waals surface area contributed by atoms with Gasteiger partial charge < -0.3 is 10.1 Å². The van der Waals surface area contributed by atoms with Gasteiger partial charge in [0.25, 0.3) is 0 Å². The Morgan fingerprint density at radius 2 is 2.53 bits per heavy atom. The Kier molecular flexibility index (Phi) is 4.79. The average molecular weight is 274 g/mol. The molecule has 0 saturated heterocycles. The lowest BCUT2D eigenvalue weighted by Crippen LogP contribution is -2.20. The summed E-state index contributed by atoms with van der Waals surface area (Å²) in [6.45, 7) is 2.26. The standard InChI is InChI=1S/C11H16ClN3OS/c1-16-8-9(12)2-3-13-6-10-7-15-4-5-17-11(15)14-10/h4-5,7,9,13H,2-3,6,8H2,1H3. The monoisotopic (exact) mass is 273 g/mol. The molecule has 0 aliphatic rings. The Morgan fingerprint density at radius 3 is 3.29 bits per heavy atom. The molecular weight excluding hydrogens is 258 g/mol. The van der Waals surface area contributed by atoms with Crippen LogP contribution in [0.25, 0.3) is 4.96 Å². The highest BCUT2D eigenvalue weighted by molar-refractivity contribution is 7.15. The van der Waals surface area contributed by atoms with E-state index in [1.807, 2.05) is 22.2 Å². The number of hydrogen-bond donors (Lipinski definition) is 1. The van der Waals surface area contributed by atoms with Crippen molar-refractivity contribution in [2.45, 2.75) is 18.3 Å². The number of rotatable bonds is 7. The number of nitrogens with zero attached hydrogens (tertiary/aromatic N) is 2. The van der Waals surface area contributed by atoms with E-state index < -0.39 is 0 Å². The number of alkyl halides is 1. The molecule has 0 saturated carbocycles. The number of fused-ring (bicyclic) bond motifs is 1. The molecule has 2 aromatic rings. The third kappa shape index (κ3) is 3.67. The molecule has 94 valence electrons. The second kappa shape index (κ2) is 6.35. The molecule has 4 nitrogen and oxygen atoms in total. The first-order valence-electron chi connectivity index (χ1n) is 5.54. The first-order chi connectivity index (χ1) is 8.29. The highest BCUT2D eigenvalue weighted by Gasteiger charge is 2.04. The maximum absolute atomic E-state index is 6.03.